The van der Waals surface area contributed by atoms with Crippen molar-refractivity contribution in [3.8, 4) is 0 Å². The van der Waals surface area contributed by atoms with Gasteiger partial charge >= 0.3 is 0 Å². The maximum absolute atomic E-state index is 13.3. The number of nitrogens with one attached hydrogen (secondary N) is 2. The molecule has 0 radical (unpaired) electrons. The van der Waals surface area contributed by atoms with Crippen LogP contribution in [-0.4, -0.2) is 10.2 Å². The molecule has 0 fully saturated rings. The predicted octanol–water partition coefficient (Wildman–Crippen LogP) is 2.35. The Morgan fingerprint density at radius 2 is 2.31 bits per heavy atom. The maximum atomic E-state index is 13.3. The molecule has 0 aliphatic carbocycles. The number of nitrogens with two attached hydrogens (primary N) is 1. The van der Waals surface area contributed by atoms with Crippen molar-refractivity contribution in [2.24, 2.45) is 0 Å². The highest BCUT2D eigenvalue weighted by Gasteiger charge is 2.05. The molecule has 2 rings (SSSR count). The van der Waals surface area contributed by atoms with E-state index in [0.717, 1.165) is 5.56 Å². The van der Waals surface area contributed by atoms with Gasteiger partial charge in [0.2, 0.25) is 0 Å². The van der Waals surface area contributed by atoms with Gasteiger partial charge in [-0.1, -0.05) is 0 Å². The molecule has 0 unspecified atom stereocenters. The number of aromatic amines is 1. The molecule has 0 aliphatic heterocycles. The summed E-state index contributed by atoms with van der Waals surface area (Å²) in [7, 11) is 0. The molecule has 84 valence electrons. The summed E-state index contributed by atoms with van der Waals surface area (Å²) in [5, 5.41) is 9.58. The lowest BCUT2D eigenvalue weighted by Crippen LogP contribution is -2.03. The molecule has 0 atom stereocenters. The van der Waals surface area contributed by atoms with Gasteiger partial charge in [-0.2, -0.15) is 5.10 Å². The van der Waals surface area contributed by atoms with Gasteiger partial charge in [-0.3, -0.25) is 5.10 Å². The van der Waals surface area contributed by atoms with Crippen LogP contribution in [0.2, 0.25) is 0 Å². The first-order valence-electron chi connectivity index (χ1n) is 4.63. The summed E-state index contributed by atoms with van der Waals surface area (Å²) in [6.45, 7) is 0.556. The minimum absolute atomic E-state index is 0.274. The minimum atomic E-state index is -0.274. The molecule has 16 heavy (non-hydrogen) atoms. The molecule has 4 nitrogen and oxygen atoms in total. The summed E-state index contributed by atoms with van der Waals surface area (Å²) in [5.74, 6) is -0.274. The number of hydrogen-bond donors (Lipinski definition) is 3. The zero-order valence-corrected chi connectivity index (χ0v) is 10.5. The van der Waals surface area contributed by atoms with Gasteiger partial charge in [0.15, 0.2) is 0 Å². The van der Waals surface area contributed by atoms with Crippen LogP contribution in [-0.2, 0) is 6.54 Å². The monoisotopic (exact) mass is 332 g/mol. The van der Waals surface area contributed by atoms with E-state index in [4.69, 9.17) is 5.73 Å². The van der Waals surface area contributed by atoms with Crippen molar-refractivity contribution in [3.05, 3.63) is 39.5 Å². The van der Waals surface area contributed by atoms with E-state index in [1.807, 2.05) is 22.6 Å². The first-order valence-corrected chi connectivity index (χ1v) is 5.71. The molecule has 1 heterocycles. The molecule has 1 aromatic heterocycles. The fourth-order valence-corrected chi connectivity index (χ4v) is 1.78. The van der Waals surface area contributed by atoms with Crippen LogP contribution >= 0.6 is 22.6 Å². The Labute approximate surface area is 106 Å². The first kappa shape index (κ1) is 11.2. The summed E-state index contributed by atoms with van der Waals surface area (Å²) in [6, 6.07) is 3.00. The second-order valence-electron chi connectivity index (χ2n) is 3.31. The molecule has 0 spiro atoms. The maximum Gasteiger partial charge on any atom is 0.138 e. The molecule has 2 aromatic rings. The molecule has 0 saturated carbocycles. The number of anilines is 2. The number of benzene rings is 1. The zero-order valence-electron chi connectivity index (χ0n) is 8.30. The Bertz CT molecular complexity index is 484. The quantitative estimate of drug-likeness (QED) is 0.597. The number of aromatic nitrogens is 2. The van der Waals surface area contributed by atoms with Gasteiger partial charge in [-0.15, -0.1) is 0 Å². The van der Waals surface area contributed by atoms with Crippen molar-refractivity contribution >= 4 is 34.0 Å². The number of H-pyrrole nitrogens is 1. The van der Waals surface area contributed by atoms with Gasteiger partial charge < -0.3 is 11.1 Å². The number of nitrogen functional groups attached to an aromatic ring is 1. The van der Waals surface area contributed by atoms with E-state index in [2.05, 4.69) is 15.5 Å². The largest absolute Gasteiger partial charge is 0.397 e. The normalized spacial score (nSPS) is 10.4. The fraction of sp³-hybridized carbons (Fsp3) is 0.100. The van der Waals surface area contributed by atoms with E-state index < -0.39 is 0 Å². The highest BCUT2D eigenvalue weighted by atomic mass is 127. The second-order valence-corrected chi connectivity index (χ2v) is 4.48. The number of hydrogen-bond acceptors (Lipinski definition) is 3. The molecule has 0 aliphatic rings. The lowest BCUT2D eigenvalue weighted by molar-refractivity contribution is 0.621. The molecule has 4 N–H and O–H groups in total. The van der Waals surface area contributed by atoms with Crippen molar-refractivity contribution in [1.29, 1.82) is 0 Å². The molecular formula is C10H10FIN4. The van der Waals surface area contributed by atoms with Gasteiger partial charge in [-0.05, 0) is 28.7 Å². The Morgan fingerprint density at radius 3 is 3.00 bits per heavy atom. The van der Waals surface area contributed by atoms with Crippen LogP contribution in [0, 0.1) is 9.39 Å². The summed E-state index contributed by atoms with van der Waals surface area (Å²) in [6.07, 6.45) is 3.47. The molecule has 0 bridgehead atoms. The van der Waals surface area contributed by atoms with Crippen LogP contribution in [0.3, 0.4) is 0 Å². The minimum Gasteiger partial charge on any atom is -0.397 e. The van der Waals surface area contributed by atoms with Crippen LogP contribution in [0.25, 0.3) is 0 Å². The third-order valence-corrected chi connectivity index (χ3v) is 2.96. The number of nitrogens with zero attached hydrogens (tertiary/aromatic N) is 1. The lowest BCUT2D eigenvalue weighted by Gasteiger charge is -2.09. The summed E-state index contributed by atoms with van der Waals surface area (Å²) in [5.41, 5.74) is 7.89. The lowest BCUT2D eigenvalue weighted by atomic mass is 10.2. The smallest absolute Gasteiger partial charge is 0.138 e. The Hall–Kier alpha value is -1.31. The van der Waals surface area contributed by atoms with Crippen LogP contribution < -0.4 is 11.1 Å². The highest BCUT2D eigenvalue weighted by Crippen LogP contribution is 2.24. The van der Waals surface area contributed by atoms with Crippen molar-refractivity contribution in [2.75, 3.05) is 11.1 Å². The van der Waals surface area contributed by atoms with Gasteiger partial charge in [0.1, 0.15) is 5.82 Å². The third kappa shape index (κ3) is 2.43. The molecule has 0 saturated heterocycles. The van der Waals surface area contributed by atoms with Crippen molar-refractivity contribution < 1.29 is 4.39 Å². The van der Waals surface area contributed by atoms with Crippen molar-refractivity contribution in [1.82, 2.24) is 10.2 Å². The molecular weight excluding hydrogens is 322 g/mol. The Kier molecular flexibility index (Phi) is 3.28. The van der Waals surface area contributed by atoms with Gasteiger partial charge in [-0.25, -0.2) is 4.39 Å². The Morgan fingerprint density at radius 1 is 1.50 bits per heavy atom. The van der Waals surface area contributed by atoms with E-state index in [0.29, 0.717) is 21.5 Å². The van der Waals surface area contributed by atoms with Crippen LogP contribution in [0.15, 0.2) is 24.5 Å². The number of halogens is 2. The molecule has 6 heteroatoms. The zero-order chi connectivity index (χ0) is 11.5. The van der Waals surface area contributed by atoms with Crippen molar-refractivity contribution in [2.45, 2.75) is 6.54 Å². The van der Waals surface area contributed by atoms with Gasteiger partial charge in [0.05, 0.1) is 21.1 Å². The van der Waals surface area contributed by atoms with Gasteiger partial charge in [0.25, 0.3) is 0 Å². The second kappa shape index (κ2) is 4.69. The highest BCUT2D eigenvalue weighted by molar-refractivity contribution is 14.1. The summed E-state index contributed by atoms with van der Waals surface area (Å²) in [4.78, 5) is 0. The van der Waals surface area contributed by atoms with E-state index in [1.165, 1.54) is 6.07 Å². The molecule has 1 aromatic carbocycles. The van der Waals surface area contributed by atoms with Crippen molar-refractivity contribution in [3.63, 3.8) is 0 Å². The predicted molar refractivity (Wildman–Crippen MR) is 69.4 cm³/mol. The van der Waals surface area contributed by atoms with E-state index in [9.17, 15) is 4.39 Å². The summed E-state index contributed by atoms with van der Waals surface area (Å²) < 4.78 is 13.8. The Balaban J connectivity index is 2.12. The van der Waals surface area contributed by atoms with Gasteiger partial charge in [0, 0.05) is 24.4 Å². The van der Waals surface area contributed by atoms with Crippen LogP contribution in [0.1, 0.15) is 5.56 Å². The van der Waals surface area contributed by atoms with Crippen LogP contribution in [0.5, 0.6) is 0 Å². The first-order chi connectivity index (χ1) is 7.66. The summed E-state index contributed by atoms with van der Waals surface area (Å²) >= 11 is 1.91. The fourth-order valence-electron chi connectivity index (χ4n) is 1.29. The number of rotatable bonds is 3. The standard InChI is InChI=1S/C10H10FIN4/c11-7-1-10(9(13)2-8(7)12)14-3-6-4-15-16-5-6/h1-2,4-5,14H,3,13H2,(H,15,16). The topological polar surface area (TPSA) is 66.7 Å². The van der Waals surface area contributed by atoms with E-state index in [-0.39, 0.29) is 5.82 Å². The molecule has 0 amide bonds. The van der Waals surface area contributed by atoms with Crippen LogP contribution in [0.4, 0.5) is 15.8 Å². The SMILES string of the molecule is Nc1cc(I)c(F)cc1NCc1cn[nH]c1. The van der Waals surface area contributed by atoms with E-state index in [1.54, 1.807) is 18.5 Å². The average Bonchev–Trinajstić information content (AvgIpc) is 2.74. The van der Waals surface area contributed by atoms with E-state index >= 15 is 0 Å². The average molecular weight is 332 g/mol. The third-order valence-electron chi connectivity index (χ3n) is 2.13.